The fraction of sp³-hybridized carbons (Fsp3) is 0.647. The Kier molecular flexibility index (Phi) is 4.19. The van der Waals surface area contributed by atoms with Crippen molar-refractivity contribution in [1.29, 1.82) is 0 Å². The van der Waals surface area contributed by atoms with Crippen molar-refractivity contribution >= 4 is 5.69 Å². The average Bonchev–Trinajstić information content (AvgIpc) is 2.50. The molecule has 0 amide bonds. The van der Waals surface area contributed by atoms with E-state index in [0.717, 1.165) is 13.1 Å². The molecule has 1 aliphatic heterocycles. The van der Waals surface area contributed by atoms with Gasteiger partial charge in [-0.15, -0.1) is 0 Å². The van der Waals surface area contributed by atoms with Gasteiger partial charge < -0.3 is 10.2 Å². The summed E-state index contributed by atoms with van der Waals surface area (Å²) >= 11 is 0. The van der Waals surface area contributed by atoms with Crippen molar-refractivity contribution in [2.24, 2.45) is 0 Å². The molecule has 1 aromatic rings. The van der Waals surface area contributed by atoms with E-state index in [2.05, 4.69) is 69.1 Å². The van der Waals surface area contributed by atoms with Gasteiger partial charge in [0.05, 0.1) is 0 Å². The molecule has 1 aliphatic rings. The summed E-state index contributed by atoms with van der Waals surface area (Å²) in [6.07, 6.45) is 1.21. The molecule has 0 bridgehead atoms. The van der Waals surface area contributed by atoms with Gasteiger partial charge in [-0.05, 0) is 49.9 Å². The third-order valence-electron chi connectivity index (χ3n) is 4.12. The molecule has 2 heteroatoms. The van der Waals surface area contributed by atoms with Gasteiger partial charge in [0.15, 0.2) is 0 Å². The highest BCUT2D eigenvalue weighted by Gasteiger charge is 2.21. The van der Waals surface area contributed by atoms with E-state index in [1.54, 1.807) is 0 Å². The van der Waals surface area contributed by atoms with Gasteiger partial charge in [-0.2, -0.15) is 0 Å². The molecular formula is C17H28N2. The highest BCUT2D eigenvalue weighted by atomic mass is 15.2. The van der Waals surface area contributed by atoms with Gasteiger partial charge in [-0.25, -0.2) is 0 Å². The molecule has 1 fully saturated rings. The Hall–Kier alpha value is -1.02. The van der Waals surface area contributed by atoms with E-state index in [1.165, 1.54) is 17.7 Å². The van der Waals surface area contributed by atoms with E-state index >= 15 is 0 Å². The smallest absolute Gasteiger partial charge is 0.0369 e. The maximum atomic E-state index is 3.57. The van der Waals surface area contributed by atoms with Crippen LogP contribution in [0.4, 0.5) is 5.69 Å². The first-order valence-electron chi connectivity index (χ1n) is 7.48. The van der Waals surface area contributed by atoms with Gasteiger partial charge in [0.2, 0.25) is 0 Å². The molecule has 1 saturated heterocycles. The summed E-state index contributed by atoms with van der Waals surface area (Å²) in [5, 5.41) is 3.57. The zero-order chi connectivity index (χ0) is 14.0. The highest BCUT2D eigenvalue weighted by molar-refractivity contribution is 5.49. The molecule has 2 atom stereocenters. The number of hydrogen-bond acceptors (Lipinski definition) is 2. The van der Waals surface area contributed by atoms with Crippen molar-refractivity contribution < 1.29 is 0 Å². The molecule has 0 saturated carbocycles. The van der Waals surface area contributed by atoms with E-state index in [1.807, 2.05) is 0 Å². The van der Waals surface area contributed by atoms with Crippen molar-refractivity contribution in [1.82, 2.24) is 5.32 Å². The molecule has 1 aromatic carbocycles. The third kappa shape index (κ3) is 3.50. The maximum Gasteiger partial charge on any atom is 0.0369 e. The number of nitrogens with zero attached hydrogens (tertiary/aromatic N) is 1. The first-order chi connectivity index (χ1) is 8.88. The summed E-state index contributed by atoms with van der Waals surface area (Å²) in [4.78, 5) is 2.54. The lowest BCUT2D eigenvalue weighted by molar-refractivity contribution is 0.583. The topological polar surface area (TPSA) is 15.3 Å². The van der Waals surface area contributed by atoms with Gasteiger partial charge in [0, 0.05) is 24.3 Å². The van der Waals surface area contributed by atoms with Gasteiger partial charge in [-0.1, -0.05) is 32.9 Å². The molecule has 0 aromatic heterocycles. The molecule has 2 rings (SSSR count). The number of anilines is 1. The minimum Gasteiger partial charge on any atom is -0.367 e. The van der Waals surface area contributed by atoms with Crippen LogP contribution in [0.2, 0.25) is 0 Å². The fourth-order valence-corrected chi connectivity index (χ4v) is 2.75. The van der Waals surface area contributed by atoms with Crippen molar-refractivity contribution in [3.63, 3.8) is 0 Å². The van der Waals surface area contributed by atoms with Crippen LogP contribution in [-0.4, -0.2) is 25.2 Å². The number of nitrogens with one attached hydrogen (secondary N) is 1. The lowest BCUT2D eigenvalue weighted by atomic mass is 9.87. The van der Waals surface area contributed by atoms with Gasteiger partial charge in [-0.3, -0.25) is 0 Å². The molecule has 0 spiro atoms. The Morgan fingerprint density at radius 1 is 1.11 bits per heavy atom. The second kappa shape index (κ2) is 5.54. The first kappa shape index (κ1) is 14.4. The van der Waals surface area contributed by atoms with Crippen LogP contribution in [0, 0.1) is 0 Å². The highest BCUT2D eigenvalue weighted by Crippen LogP contribution is 2.26. The quantitative estimate of drug-likeness (QED) is 0.830. The van der Waals surface area contributed by atoms with E-state index in [4.69, 9.17) is 0 Å². The summed E-state index contributed by atoms with van der Waals surface area (Å²) in [6, 6.07) is 10.3. The molecule has 1 heterocycles. The second-order valence-electron chi connectivity index (χ2n) is 6.94. The van der Waals surface area contributed by atoms with Crippen LogP contribution in [0.1, 0.15) is 46.6 Å². The van der Waals surface area contributed by atoms with Crippen LogP contribution in [0.5, 0.6) is 0 Å². The van der Waals surface area contributed by atoms with Gasteiger partial charge in [0.25, 0.3) is 0 Å². The molecule has 106 valence electrons. The monoisotopic (exact) mass is 260 g/mol. The molecule has 1 N–H and O–H groups in total. The SMILES string of the molecule is CC1CN(c2ccc(C(C)(C)C)cc2)C(C)CCN1. The lowest BCUT2D eigenvalue weighted by Crippen LogP contribution is -2.38. The van der Waals surface area contributed by atoms with E-state index in [9.17, 15) is 0 Å². The average molecular weight is 260 g/mol. The number of rotatable bonds is 1. The minimum absolute atomic E-state index is 0.234. The summed E-state index contributed by atoms with van der Waals surface area (Å²) in [7, 11) is 0. The van der Waals surface area contributed by atoms with E-state index in [-0.39, 0.29) is 5.41 Å². The molecule has 0 radical (unpaired) electrons. The number of benzene rings is 1. The van der Waals surface area contributed by atoms with Crippen molar-refractivity contribution in [2.45, 2.75) is 58.5 Å². The Morgan fingerprint density at radius 2 is 1.74 bits per heavy atom. The van der Waals surface area contributed by atoms with Gasteiger partial charge >= 0.3 is 0 Å². The summed E-state index contributed by atoms with van der Waals surface area (Å²) in [6.45, 7) is 13.6. The van der Waals surface area contributed by atoms with Crippen molar-refractivity contribution in [2.75, 3.05) is 18.0 Å². The van der Waals surface area contributed by atoms with Crippen LogP contribution >= 0.6 is 0 Å². The van der Waals surface area contributed by atoms with Crippen LogP contribution in [0.15, 0.2) is 24.3 Å². The fourth-order valence-electron chi connectivity index (χ4n) is 2.75. The Balaban J connectivity index is 2.20. The third-order valence-corrected chi connectivity index (χ3v) is 4.12. The minimum atomic E-state index is 0.234. The van der Waals surface area contributed by atoms with Crippen molar-refractivity contribution in [3.8, 4) is 0 Å². The zero-order valence-corrected chi connectivity index (χ0v) is 13.0. The van der Waals surface area contributed by atoms with Gasteiger partial charge in [0.1, 0.15) is 0 Å². The molecule has 0 aliphatic carbocycles. The lowest BCUT2D eigenvalue weighted by Gasteiger charge is -2.31. The van der Waals surface area contributed by atoms with Crippen LogP contribution < -0.4 is 10.2 Å². The zero-order valence-electron chi connectivity index (χ0n) is 13.0. The summed E-state index contributed by atoms with van der Waals surface area (Å²) < 4.78 is 0. The Labute approximate surface area is 118 Å². The van der Waals surface area contributed by atoms with E-state index in [0.29, 0.717) is 12.1 Å². The predicted molar refractivity (Wildman–Crippen MR) is 84.0 cm³/mol. The summed E-state index contributed by atoms with van der Waals surface area (Å²) in [5.41, 5.74) is 3.00. The normalized spacial score (nSPS) is 25.2. The molecule has 2 unspecified atom stereocenters. The Morgan fingerprint density at radius 3 is 2.32 bits per heavy atom. The molecular weight excluding hydrogens is 232 g/mol. The van der Waals surface area contributed by atoms with E-state index < -0.39 is 0 Å². The first-order valence-corrected chi connectivity index (χ1v) is 7.48. The maximum absolute atomic E-state index is 3.57. The standard InChI is InChI=1S/C17H28N2/c1-13-12-19(14(2)10-11-18-13)16-8-6-15(7-9-16)17(3,4)5/h6-9,13-14,18H,10-12H2,1-5H3. The Bertz CT molecular complexity index is 402. The van der Waals surface area contributed by atoms with Crippen molar-refractivity contribution in [3.05, 3.63) is 29.8 Å². The second-order valence-corrected chi connectivity index (χ2v) is 6.94. The largest absolute Gasteiger partial charge is 0.367 e. The molecule has 19 heavy (non-hydrogen) atoms. The van der Waals surface area contributed by atoms with Crippen LogP contribution in [-0.2, 0) is 5.41 Å². The number of hydrogen-bond donors (Lipinski definition) is 1. The van der Waals surface area contributed by atoms with Crippen LogP contribution in [0.25, 0.3) is 0 Å². The summed E-state index contributed by atoms with van der Waals surface area (Å²) in [5.74, 6) is 0. The molecule has 2 nitrogen and oxygen atoms in total. The van der Waals surface area contributed by atoms with Crippen LogP contribution in [0.3, 0.4) is 0 Å². The predicted octanol–water partition coefficient (Wildman–Crippen LogP) is 3.56.